The highest BCUT2D eigenvalue weighted by Gasteiger charge is 2.22. The maximum absolute atomic E-state index is 11.8. The van der Waals surface area contributed by atoms with Gasteiger partial charge in [-0.15, -0.1) is 0 Å². The van der Waals surface area contributed by atoms with Crippen LogP contribution in [0.25, 0.3) is 0 Å². The van der Waals surface area contributed by atoms with Gasteiger partial charge < -0.3 is 11.1 Å². The Morgan fingerprint density at radius 3 is 2.50 bits per heavy atom. The minimum absolute atomic E-state index is 0.0196. The lowest BCUT2D eigenvalue weighted by Gasteiger charge is -2.26. The molecule has 0 spiro atoms. The smallest absolute Gasteiger partial charge is 0.234 e. The number of hydrogen-bond acceptors (Lipinski definition) is 3. The van der Waals surface area contributed by atoms with E-state index < -0.39 is 0 Å². The van der Waals surface area contributed by atoms with E-state index in [9.17, 15) is 4.79 Å². The molecule has 2 rings (SSSR count). The fourth-order valence-corrected chi connectivity index (χ4v) is 2.47. The summed E-state index contributed by atoms with van der Waals surface area (Å²) in [6.07, 6.45) is 0. The van der Waals surface area contributed by atoms with Crippen molar-refractivity contribution in [1.29, 1.82) is 5.26 Å². The topological polar surface area (TPSA) is 78.9 Å². The zero-order valence-electron chi connectivity index (χ0n) is 12.5. The Balaban J connectivity index is 2.35. The van der Waals surface area contributed by atoms with Gasteiger partial charge >= 0.3 is 0 Å². The lowest BCUT2D eigenvalue weighted by molar-refractivity contribution is -0.120. The third-order valence-corrected chi connectivity index (χ3v) is 3.70. The lowest BCUT2D eigenvalue weighted by atomic mass is 9.88. The van der Waals surface area contributed by atoms with Crippen molar-refractivity contribution in [3.8, 4) is 6.07 Å². The van der Waals surface area contributed by atoms with Gasteiger partial charge in [0.2, 0.25) is 5.91 Å². The molecule has 2 unspecified atom stereocenters. The van der Waals surface area contributed by atoms with Crippen LogP contribution in [0, 0.1) is 11.3 Å². The van der Waals surface area contributed by atoms with E-state index in [1.165, 1.54) is 0 Å². The van der Waals surface area contributed by atoms with E-state index in [2.05, 4.69) is 11.4 Å². The van der Waals surface area contributed by atoms with Crippen molar-refractivity contribution in [1.82, 2.24) is 5.32 Å². The number of carbonyl (C=O) groups excluding carboxylic acids is 1. The molecule has 0 radical (unpaired) electrons. The van der Waals surface area contributed by atoms with Crippen molar-refractivity contribution in [3.05, 3.63) is 71.3 Å². The number of nitrogens with one attached hydrogen (secondary N) is 1. The molecule has 1 amide bonds. The number of amides is 1. The van der Waals surface area contributed by atoms with Gasteiger partial charge in [0.1, 0.15) is 0 Å². The molecule has 2 atom stereocenters. The molecule has 0 aliphatic heterocycles. The number of rotatable bonds is 5. The second-order valence-electron chi connectivity index (χ2n) is 5.19. The Kier molecular flexibility index (Phi) is 5.29. The molecule has 0 bridgehead atoms. The summed E-state index contributed by atoms with van der Waals surface area (Å²) in [4.78, 5) is 11.8. The number of nitriles is 1. The van der Waals surface area contributed by atoms with Crippen molar-refractivity contribution in [2.24, 2.45) is 5.73 Å². The second-order valence-corrected chi connectivity index (χ2v) is 5.19. The van der Waals surface area contributed by atoms with Crippen molar-refractivity contribution >= 4 is 5.91 Å². The molecule has 0 fully saturated rings. The van der Waals surface area contributed by atoms with E-state index in [1.807, 2.05) is 55.5 Å². The highest BCUT2D eigenvalue weighted by molar-refractivity contribution is 5.78. The van der Waals surface area contributed by atoms with E-state index in [0.717, 1.165) is 11.1 Å². The van der Waals surface area contributed by atoms with E-state index in [4.69, 9.17) is 11.0 Å². The Morgan fingerprint density at radius 2 is 1.86 bits per heavy atom. The van der Waals surface area contributed by atoms with Crippen LogP contribution in [0.3, 0.4) is 0 Å². The first-order valence-corrected chi connectivity index (χ1v) is 7.20. The van der Waals surface area contributed by atoms with Gasteiger partial charge in [-0.3, -0.25) is 4.79 Å². The monoisotopic (exact) mass is 293 g/mol. The molecule has 22 heavy (non-hydrogen) atoms. The molecule has 2 aromatic carbocycles. The van der Waals surface area contributed by atoms with E-state index >= 15 is 0 Å². The van der Waals surface area contributed by atoms with Crippen LogP contribution in [0.2, 0.25) is 0 Å². The van der Waals surface area contributed by atoms with Crippen LogP contribution in [0.4, 0.5) is 0 Å². The van der Waals surface area contributed by atoms with Crippen LogP contribution in [-0.2, 0) is 4.79 Å². The van der Waals surface area contributed by atoms with Gasteiger partial charge in [-0.05, 0) is 23.3 Å². The van der Waals surface area contributed by atoms with Gasteiger partial charge in [0.05, 0.1) is 24.2 Å². The van der Waals surface area contributed by atoms with Crippen LogP contribution in [0.15, 0.2) is 54.6 Å². The Morgan fingerprint density at radius 1 is 1.18 bits per heavy atom. The van der Waals surface area contributed by atoms with Crippen LogP contribution in [-0.4, -0.2) is 12.5 Å². The zero-order valence-corrected chi connectivity index (χ0v) is 12.5. The number of nitrogens with zero attached hydrogens (tertiary/aromatic N) is 1. The quantitative estimate of drug-likeness (QED) is 0.889. The third kappa shape index (κ3) is 3.72. The number of carbonyl (C=O) groups is 1. The van der Waals surface area contributed by atoms with Crippen molar-refractivity contribution in [2.45, 2.75) is 18.9 Å². The summed E-state index contributed by atoms with van der Waals surface area (Å²) in [7, 11) is 0. The first-order valence-electron chi connectivity index (χ1n) is 7.20. The second kappa shape index (κ2) is 7.39. The van der Waals surface area contributed by atoms with Crippen molar-refractivity contribution in [2.75, 3.05) is 6.54 Å². The van der Waals surface area contributed by atoms with Gasteiger partial charge in [0.25, 0.3) is 0 Å². The number of hydrogen-bond donors (Lipinski definition) is 2. The Labute approximate surface area is 130 Å². The first-order chi connectivity index (χ1) is 10.7. The predicted molar refractivity (Wildman–Crippen MR) is 86.0 cm³/mol. The average molecular weight is 293 g/mol. The van der Waals surface area contributed by atoms with Crippen LogP contribution < -0.4 is 11.1 Å². The summed E-state index contributed by atoms with van der Waals surface area (Å²) in [6, 6.07) is 19.2. The lowest BCUT2D eigenvalue weighted by Crippen LogP contribution is -2.36. The summed E-state index contributed by atoms with van der Waals surface area (Å²) in [6.45, 7) is 1.99. The molecule has 0 saturated heterocycles. The molecular weight excluding hydrogens is 274 g/mol. The molecule has 112 valence electrons. The van der Waals surface area contributed by atoms with Gasteiger partial charge in [-0.1, -0.05) is 49.4 Å². The Bertz CT molecular complexity index is 676. The molecule has 4 heteroatoms. The first kappa shape index (κ1) is 15.7. The SMILES string of the molecule is CC(c1cccc(C#N)c1)C(NC(=O)CN)c1ccccc1. The standard InChI is InChI=1S/C18H19N3O/c1-13(16-9-5-6-14(10-16)11-19)18(21-17(22)12-20)15-7-3-2-4-8-15/h2-10,13,18H,12,20H2,1H3,(H,21,22). The molecule has 0 aliphatic carbocycles. The van der Waals surface area contributed by atoms with Gasteiger partial charge in [0, 0.05) is 5.92 Å². The zero-order chi connectivity index (χ0) is 15.9. The minimum atomic E-state index is -0.197. The summed E-state index contributed by atoms with van der Waals surface area (Å²) < 4.78 is 0. The third-order valence-electron chi connectivity index (χ3n) is 3.70. The summed E-state index contributed by atoms with van der Waals surface area (Å²) >= 11 is 0. The van der Waals surface area contributed by atoms with Crippen LogP contribution in [0.1, 0.15) is 35.6 Å². The molecule has 2 aromatic rings. The normalized spacial score (nSPS) is 13.0. The predicted octanol–water partition coefficient (Wildman–Crippen LogP) is 2.48. The van der Waals surface area contributed by atoms with E-state index in [1.54, 1.807) is 6.07 Å². The average Bonchev–Trinajstić information content (AvgIpc) is 2.59. The fourth-order valence-electron chi connectivity index (χ4n) is 2.47. The highest BCUT2D eigenvalue weighted by atomic mass is 16.1. The molecule has 0 heterocycles. The van der Waals surface area contributed by atoms with Gasteiger partial charge in [-0.2, -0.15) is 5.26 Å². The molecular formula is C18H19N3O. The van der Waals surface area contributed by atoms with Gasteiger partial charge in [0.15, 0.2) is 0 Å². The summed E-state index contributed by atoms with van der Waals surface area (Å²) in [5, 5.41) is 12.0. The molecule has 3 N–H and O–H groups in total. The fraction of sp³-hybridized carbons (Fsp3) is 0.222. The summed E-state index contributed by atoms with van der Waals surface area (Å²) in [5.74, 6) is -0.177. The largest absolute Gasteiger partial charge is 0.348 e. The molecule has 4 nitrogen and oxygen atoms in total. The molecule has 0 aliphatic rings. The minimum Gasteiger partial charge on any atom is -0.348 e. The van der Waals surface area contributed by atoms with Crippen LogP contribution >= 0.6 is 0 Å². The maximum Gasteiger partial charge on any atom is 0.234 e. The van der Waals surface area contributed by atoms with Crippen molar-refractivity contribution in [3.63, 3.8) is 0 Å². The Hall–Kier alpha value is -2.64. The molecule has 0 aromatic heterocycles. The van der Waals surface area contributed by atoms with Crippen LogP contribution in [0.5, 0.6) is 0 Å². The maximum atomic E-state index is 11.8. The number of nitrogens with two attached hydrogens (primary N) is 1. The summed E-state index contributed by atoms with van der Waals surface area (Å²) in [5.41, 5.74) is 8.06. The van der Waals surface area contributed by atoms with Gasteiger partial charge in [-0.25, -0.2) is 0 Å². The highest BCUT2D eigenvalue weighted by Crippen LogP contribution is 2.30. The molecule has 0 saturated carbocycles. The van der Waals surface area contributed by atoms with E-state index in [0.29, 0.717) is 5.56 Å². The van der Waals surface area contributed by atoms with E-state index in [-0.39, 0.29) is 24.4 Å². The van der Waals surface area contributed by atoms with Crippen molar-refractivity contribution < 1.29 is 4.79 Å². The number of benzene rings is 2.